The Bertz CT molecular complexity index is 461. The minimum Gasteiger partial charge on any atom is -0.326 e. The number of hydrogen-bond donors (Lipinski definition) is 1. The zero-order valence-electron chi connectivity index (χ0n) is 9.87. The van der Waals surface area contributed by atoms with E-state index in [2.05, 4.69) is 21.2 Å². The van der Waals surface area contributed by atoms with Gasteiger partial charge in [0.05, 0.1) is 0 Å². The fourth-order valence-electron chi connectivity index (χ4n) is 2.90. The molecule has 2 fully saturated rings. The summed E-state index contributed by atoms with van der Waals surface area (Å²) in [5, 5.41) is 3.03. The maximum atomic E-state index is 12.1. The number of aryl methyl sites for hydroxylation is 1. The summed E-state index contributed by atoms with van der Waals surface area (Å²) in [6, 6.07) is 5.94. The molecule has 0 heterocycles. The second-order valence-electron chi connectivity index (χ2n) is 5.38. The molecule has 2 nitrogen and oxygen atoms in total. The lowest BCUT2D eigenvalue weighted by Crippen LogP contribution is -2.21. The molecule has 3 rings (SSSR count). The van der Waals surface area contributed by atoms with Crippen molar-refractivity contribution in [2.24, 2.45) is 17.8 Å². The van der Waals surface area contributed by atoms with Crippen LogP contribution < -0.4 is 5.32 Å². The number of amides is 1. The van der Waals surface area contributed by atoms with E-state index in [9.17, 15) is 4.79 Å². The third kappa shape index (κ3) is 2.25. The highest BCUT2D eigenvalue weighted by Crippen LogP contribution is 2.54. The second kappa shape index (κ2) is 4.13. The number of benzene rings is 1. The van der Waals surface area contributed by atoms with Crippen LogP contribution in [0.1, 0.15) is 24.8 Å². The number of halogens is 1. The molecule has 2 aliphatic carbocycles. The van der Waals surface area contributed by atoms with Crippen molar-refractivity contribution < 1.29 is 4.79 Å². The molecule has 0 aromatic heterocycles. The van der Waals surface area contributed by atoms with Crippen molar-refractivity contribution in [2.45, 2.75) is 26.2 Å². The molecule has 3 heteroatoms. The molecule has 2 aliphatic rings. The van der Waals surface area contributed by atoms with Gasteiger partial charge in [0.2, 0.25) is 5.91 Å². The van der Waals surface area contributed by atoms with Crippen LogP contribution in [0.3, 0.4) is 0 Å². The maximum Gasteiger partial charge on any atom is 0.227 e. The highest BCUT2D eigenvalue weighted by molar-refractivity contribution is 9.10. The van der Waals surface area contributed by atoms with Crippen LogP contribution in [0, 0.1) is 24.7 Å². The Kier molecular flexibility index (Phi) is 2.74. The summed E-state index contributed by atoms with van der Waals surface area (Å²) in [4.78, 5) is 12.1. The van der Waals surface area contributed by atoms with E-state index in [1.54, 1.807) is 0 Å². The Morgan fingerprint density at radius 3 is 2.65 bits per heavy atom. The van der Waals surface area contributed by atoms with Gasteiger partial charge in [-0.05, 0) is 61.8 Å². The first-order valence-corrected chi connectivity index (χ1v) is 7.00. The number of fused-ring (bicyclic) bond motifs is 1. The van der Waals surface area contributed by atoms with Crippen LogP contribution >= 0.6 is 15.9 Å². The number of carbonyl (C=O) groups is 1. The number of carbonyl (C=O) groups excluding carboxylic acids is 1. The van der Waals surface area contributed by atoms with E-state index in [0.29, 0.717) is 0 Å². The predicted octanol–water partition coefficient (Wildman–Crippen LogP) is 3.74. The average molecular weight is 294 g/mol. The summed E-state index contributed by atoms with van der Waals surface area (Å²) in [6.45, 7) is 2.03. The van der Waals surface area contributed by atoms with Gasteiger partial charge >= 0.3 is 0 Å². The number of nitrogens with one attached hydrogen (secondary N) is 1. The minimum atomic E-state index is 0.207. The van der Waals surface area contributed by atoms with Crippen LogP contribution in [-0.4, -0.2) is 5.91 Å². The molecular formula is C14H16BrNO. The first-order valence-electron chi connectivity index (χ1n) is 6.20. The van der Waals surface area contributed by atoms with Crippen LogP contribution in [0.2, 0.25) is 0 Å². The summed E-state index contributed by atoms with van der Waals surface area (Å²) in [5.74, 6) is 2.18. The van der Waals surface area contributed by atoms with Gasteiger partial charge in [-0.3, -0.25) is 4.79 Å². The first-order chi connectivity index (χ1) is 8.13. The van der Waals surface area contributed by atoms with Crippen LogP contribution in [0.5, 0.6) is 0 Å². The summed E-state index contributed by atoms with van der Waals surface area (Å²) < 4.78 is 1.08. The zero-order valence-corrected chi connectivity index (χ0v) is 11.5. The molecule has 0 spiro atoms. The lowest BCUT2D eigenvalue weighted by atomic mass is 10.0. The molecule has 0 bridgehead atoms. The fourth-order valence-corrected chi connectivity index (χ4v) is 3.14. The Hall–Kier alpha value is -0.830. The van der Waals surface area contributed by atoms with Gasteiger partial charge in [-0.1, -0.05) is 15.9 Å². The topological polar surface area (TPSA) is 29.1 Å². The first kappa shape index (κ1) is 11.3. The van der Waals surface area contributed by atoms with Gasteiger partial charge in [-0.25, -0.2) is 0 Å². The zero-order chi connectivity index (χ0) is 12.0. The van der Waals surface area contributed by atoms with Gasteiger partial charge in [0.1, 0.15) is 0 Å². The van der Waals surface area contributed by atoms with E-state index < -0.39 is 0 Å². The van der Waals surface area contributed by atoms with Crippen molar-refractivity contribution in [3.63, 3.8) is 0 Å². The molecule has 1 N–H and O–H groups in total. The van der Waals surface area contributed by atoms with Gasteiger partial charge in [0, 0.05) is 16.1 Å². The van der Waals surface area contributed by atoms with E-state index in [1.165, 1.54) is 6.42 Å². The van der Waals surface area contributed by atoms with Gasteiger partial charge in [-0.2, -0.15) is 0 Å². The van der Waals surface area contributed by atoms with Crippen molar-refractivity contribution in [3.8, 4) is 0 Å². The van der Waals surface area contributed by atoms with Crippen LogP contribution in [0.4, 0.5) is 5.69 Å². The second-order valence-corrected chi connectivity index (χ2v) is 6.23. The number of rotatable bonds is 2. The molecule has 17 heavy (non-hydrogen) atoms. The van der Waals surface area contributed by atoms with Gasteiger partial charge in [0.15, 0.2) is 0 Å². The molecule has 0 saturated heterocycles. The molecule has 1 aromatic carbocycles. The lowest BCUT2D eigenvalue weighted by Gasteiger charge is -2.13. The number of anilines is 1. The van der Waals surface area contributed by atoms with E-state index in [-0.39, 0.29) is 11.8 Å². The molecule has 0 aliphatic heterocycles. The Morgan fingerprint density at radius 1 is 1.29 bits per heavy atom. The van der Waals surface area contributed by atoms with Gasteiger partial charge < -0.3 is 5.32 Å². The highest BCUT2D eigenvalue weighted by Gasteiger charge is 2.47. The molecule has 1 amide bonds. The van der Waals surface area contributed by atoms with Gasteiger partial charge in [-0.15, -0.1) is 0 Å². The summed E-state index contributed by atoms with van der Waals surface area (Å²) in [5.41, 5.74) is 2.06. The highest BCUT2D eigenvalue weighted by atomic mass is 79.9. The monoisotopic (exact) mass is 293 g/mol. The standard InChI is InChI=1S/C14H16BrNO/c1-8-4-12(2-3-13(8)15)16-14(17)11-6-9-5-10(9)7-11/h2-4,9-11H,5-7H2,1H3,(H,16,17). The van der Waals surface area contributed by atoms with Crippen molar-refractivity contribution in [3.05, 3.63) is 28.2 Å². The SMILES string of the molecule is Cc1cc(NC(=O)C2CC3CC3C2)ccc1Br. The fraction of sp³-hybridized carbons (Fsp3) is 0.500. The van der Waals surface area contributed by atoms with E-state index >= 15 is 0 Å². The summed E-state index contributed by atoms with van der Waals surface area (Å²) in [6.07, 6.45) is 3.57. The predicted molar refractivity (Wildman–Crippen MR) is 71.8 cm³/mol. The molecular weight excluding hydrogens is 278 g/mol. The summed E-state index contributed by atoms with van der Waals surface area (Å²) >= 11 is 3.46. The molecule has 1 aromatic rings. The van der Waals surface area contributed by atoms with Crippen molar-refractivity contribution >= 4 is 27.5 Å². The van der Waals surface area contributed by atoms with E-state index in [0.717, 1.165) is 40.4 Å². The molecule has 2 atom stereocenters. The third-order valence-electron chi connectivity index (χ3n) is 4.04. The molecule has 90 valence electrons. The van der Waals surface area contributed by atoms with E-state index in [4.69, 9.17) is 0 Å². The number of hydrogen-bond acceptors (Lipinski definition) is 1. The smallest absolute Gasteiger partial charge is 0.227 e. The lowest BCUT2D eigenvalue weighted by molar-refractivity contribution is -0.120. The quantitative estimate of drug-likeness (QED) is 0.884. The Balaban J connectivity index is 1.65. The van der Waals surface area contributed by atoms with E-state index in [1.807, 2.05) is 25.1 Å². The Morgan fingerprint density at radius 2 is 2.00 bits per heavy atom. The Labute approximate surface area is 110 Å². The molecule has 0 radical (unpaired) electrons. The largest absolute Gasteiger partial charge is 0.326 e. The normalized spacial score (nSPS) is 29.9. The molecule has 2 saturated carbocycles. The minimum absolute atomic E-state index is 0.207. The third-order valence-corrected chi connectivity index (χ3v) is 4.93. The van der Waals surface area contributed by atoms with Crippen molar-refractivity contribution in [1.82, 2.24) is 0 Å². The van der Waals surface area contributed by atoms with Gasteiger partial charge in [0.25, 0.3) is 0 Å². The van der Waals surface area contributed by atoms with Crippen LogP contribution in [-0.2, 0) is 4.79 Å². The summed E-state index contributed by atoms with van der Waals surface area (Å²) in [7, 11) is 0. The van der Waals surface area contributed by atoms with Crippen molar-refractivity contribution in [1.29, 1.82) is 0 Å². The van der Waals surface area contributed by atoms with Crippen molar-refractivity contribution in [2.75, 3.05) is 5.32 Å². The maximum absolute atomic E-state index is 12.1. The van der Waals surface area contributed by atoms with Crippen LogP contribution in [0.15, 0.2) is 22.7 Å². The molecule has 2 unspecified atom stereocenters. The van der Waals surface area contributed by atoms with Crippen LogP contribution in [0.25, 0.3) is 0 Å². The average Bonchev–Trinajstić information content (AvgIpc) is 2.91.